The quantitative estimate of drug-likeness (QED) is 0.655. The van der Waals surface area contributed by atoms with Gasteiger partial charge in [-0.2, -0.15) is 5.26 Å². The number of hydrogen-bond acceptors (Lipinski definition) is 6. The van der Waals surface area contributed by atoms with Crippen molar-refractivity contribution in [2.75, 3.05) is 0 Å². The van der Waals surface area contributed by atoms with E-state index in [4.69, 9.17) is 16.3 Å². The molecular weight excluding hydrogens is 398 g/mol. The van der Waals surface area contributed by atoms with E-state index in [0.717, 1.165) is 0 Å². The molecular formula is C19H24ClN5O2S. The fourth-order valence-corrected chi connectivity index (χ4v) is 3.08. The summed E-state index contributed by atoms with van der Waals surface area (Å²) in [6.45, 7) is 7.54. The number of amides is 1. The van der Waals surface area contributed by atoms with Crippen LogP contribution in [0.5, 0.6) is 5.75 Å². The second-order valence-electron chi connectivity index (χ2n) is 6.92. The van der Waals surface area contributed by atoms with Gasteiger partial charge in [-0.15, -0.1) is 10.2 Å². The van der Waals surface area contributed by atoms with Crippen LogP contribution in [0.25, 0.3) is 0 Å². The van der Waals surface area contributed by atoms with E-state index in [-0.39, 0.29) is 18.4 Å². The van der Waals surface area contributed by atoms with Crippen LogP contribution in [0.1, 0.15) is 33.5 Å². The summed E-state index contributed by atoms with van der Waals surface area (Å²) >= 11 is 7.14. The van der Waals surface area contributed by atoms with Crippen LogP contribution in [0.3, 0.4) is 0 Å². The van der Waals surface area contributed by atoms with Gasteiger partial charge in [0.2, 0.25) is 5.91 Å². The summed E-state index contributed by atoms with van der Waals surface area (Å²) in [5.74, 6) is 1.09. The van der Waals surface area contributed by atoms with Crippen LogP contribution in [0.2, 0.25) is 5.02 Å². The van der Waals surface area contributed by atoms with Gasteiger partial charge in [0, 0.05) is 12.1 Å². The zero-order valence-corrected chi connectivity index (χ0v) is 18.1. The number of nitriles is 1. The fraction of sp³-hybridized carbons (Fsp3) is 0.474. The van der Waals surface area contributed by atoms with Gasteiger partial charge in [0.1, 0.15) is 17.9 Å². The van der Waals surface area contributed by atoms with E-state index >= 15 is 0 Å². The molecule has 0 fully saturated rings. The summed E-state index contributed by atoms with van der Waals surface area (Å²) in [7, 11) is 1.82. The van der Waals surface area contributed by atoms with Gasteiger partial charge in [0.15, 0.2) is 11.0 Å². The minimum atomic E-state index is -0.913. The average molecular weight is 422 g/mol. The number of nitrogens with zero attached hydrogens (tertiary/aromatic N) is 4. The molecule has 2 aromatic rings. The van der Waals surface area contributed by atoms with Crippen molar-refractivity contribution in [3.63, 3.8) is 0 Å². The van der Waals surface area contributed by atoms with Crippen LogP contribution in [0.15, 0.2) is 29.4 Å². The molecule has 9 heteroatoms. The Labute approximate surface area is 174 Å². The highest BCUT2D eigenvalue weighted by Crippen LogP contribution is 2.24. The minimum absolute atomic E-state index is 0.00917. The van der Waals surface area contributed by atoms with E-state index in [2.05, 4.69) is 21.6 Å². The molecule has 0 saturated carbocycles. The zero-order valence-electron chi connectivity index (χ0n) is 16.6. The molecule has 1 N–H and O–H groups in total. The lowest BCUT2D eigenvalue weighted by Gasteiger charge is -2.28. The van der Waals surface area contributed by atoms with E-state index in [1.807, 2.05) is 20.9 Å². The summed E-state index contributed by atoms with van der Waals surface area (Å²) in [6, 6.07) is 9.24. The lowest BCUT2D eigenvalue weighted by Crippen LogP contribution is -2.51. The molecule has 2 rings (SSSR count). The first-order chi connectivity index (χ1) is 13.2. The van der Waals surface area contributed by atoms with Crippen LogP contribution >= 0.6 is 23.4 Å². The molecule has 2 atom stereocenters. The Bertz CT molecular complexity index is 862. The molecule has 1 aromatic heterocycles. The SMILES string of the molecule is CC(C)[C@@](C)(C#N)NC(=O)[C@@H](C)Sc1nnc(COc2ccc(Cl)cc2)n1C. The topological polar surface area (TPSA) is 92.8 Å². The Morgan fingerprint density at radius 1 is 1.36 bits per heavy atom. The maximum absolute atomic E-state index is 12.5. The molecule has 0 bridgehead atoms. The maximum atomic E-state index is 12.5. The van der Waals surface area contributed by atoms with E-state index in [1.165, 1.54) is 11.8 Å². The van der Waals surface area contributed by atoms with Gasteiger partial charge in [0.05, 0.1) is 11.3 Å². The molecule has 7 nitrogen and oxygen atoms in total. The van der Waals surface area contributed by atoms with Gasteiger partial charge in [-0.1, -0.05) is 37.2 Å². The van der Waals surface area contributed by atoms with Gasteiger partial charge in [-0.25, -0.2) is 0 Å². The molecule has 1 aromatic carbocycles. The largest absolute Gasteiger partial charge is 0.486 e. The van der Waals surface area contributed by atoms with Gasteiger partial charge in [0.25, 0.3) is 0 Å². The normalized spacial score (nSPS) is 14.2. The Balaban J connectivity index is 1.98. The highest BCUT2D eigenvalue weighted by atomic mass is 35.5. The lowest BCUT2D eigenvalue weighted by molar-refractivity contribution is -0.121. The third kappa shape index (κ3) is 5.40. The molecule has 28 heavy (non-hydrogen) atoms. The standard InChI is InChI=1S/C19H24ClN5O2S/c1-12(2)19(4,11-21)22-17(26)13(3)28-18-24-23-16(25(18)5)10-27-15-8-6-14(20)7-9-15/h6-9,12-13H,10H2,1-5H3,(H,22,26)/t13-,19-/m1/s1. The predicted molar refractivity (Wildman–Crippen MR) is 109 cm³/mol. The third-order valence-corrected chi connectivity index (χ3v) is 5.91. The Hall–Kier alpha value is -2.24. The van der Waals surface area contributed by atoms with Gasteiger partial charge in [-0.3, -0.25) is 4.79 Å². The van der Waals surface area contributed by atoms with Crippen molar-refractivity contribution in [3.05, 3.63) is 35.1 Å². The molecule has 1 amide bonds. The van der Waals surface area contributed by atoms with Crippen molar-refractivity contribution in [1.29, 1.82) is 5.26 Å². The summed E-state index contributed by atoms with van der Waals surface area (Å²) in [6.07, 6.45) is 0. The van der Waals surface area contributed by atoms with E-state index in [1.54, 1.807) is 42.7 Å². The van der Waals surface area contributed by atoms with Crippen LogP contribution in [0.4, 0.5) is 0 Å². The van der Waals surface area contributed by atoms with Crippen molar-refractivity contribution >= 4 is 29.3 Å². The summed E-state index contributed by atoms with van der Waals surface area (Å²) in [5.41, 5.74) is -0.913. The molecule has 0 spiro atoms. The number of thioether (sulfide) groups is 1. The third-order valence-electron chi connectivity index (χ3n) is 4.53. The van der Waals surface area contributed by atoms with Crippen LogP contribution < -0.4 is 10.1 Å². The second kappa shape index (κ2) is 9.30. The molecule has 0 aliphatic carbocycles. The smallest absolute Gasteiger partial charge is 0.234 e. The average Bonchev–Trinajstić information content (AvgIpc) is 3.00. The van der Waals surface area contributed by atoms with Gasteiger partial charge >= 0.3 is 0 Å². The minimum Gasteiger partial charge on any atom is -0.486 e. The Morgan fingerprint density at radius 2 is 2.00 bits per heavy atom. The molecule has 1 heterocycles. The van der Waals surface area contributed by atoms with E-state index in [0.29, 0.717) is 21.8 Å². The fourth-order valence-electron chi connectivity index (χ4n) is 2.12. The molecule has 0 unspecified atom stereocenters. The summed E-state index contributed by atoms with van der Waals surface area (Å²) < 4.78 is 7.48. The van der Waals surface area contributed by atoms with Gasteiger partial charge in [-0.05, 0) is 44.0 Å². The number of halogens is 1. The summed E-state index contributed by atoms with van der Waals surface area (Å²) in [5, 5.41) is 21.3. The number of carbonyl (C=O) groups is 1. The number of carbonyl (C=O) groups excluding carboxylic acids is 1. The van der Waals surface area contributed by atoms with Gasteiger partial charge < -0.3 is 14.6 Å². The number of benzene rings is 1. The highest BCUT2D eigenvalue weighted by Gasteiger charge is 2.32. The van der Waals surface area contributed by atoms with E-state index < -0.39 is 10.8 Å². The van der Waals surface area contributed by atoms with Crippen molar-refractivity contribution < 1.29 is 9.53 Å². The number of aromatic nitrogens is 3. The lowest BCUT2D eigenvalue weighted by atomic mass is 9.90. The second-order valence-corrected chi connectivity index (χ2v) is 8.66. The maximum Gasteiger partial charge on any atom is 0.234 e. The zero-order chi connectivity index (χ0) is 20.9. The first-order valence-corrected chi connectivity index (χ1v) is 10.1. The number of rotatable bonds is 8. The van der Waals surface area contributed by atoms with Crippen LogP contribution in [-0.4, -0.2) is 31.5 Å². The van der Waals surface area contributed by atoms with Crippen molar-refractivity contribution in [1.82, 2.24) is 20.1 Å². The first-order valence-electron chi connectivity index (χ1n) is 8.83. The Kier molecular flexibility index (Phi) is 7.33. The highest BCUT2D eigenvalue weighted by molar-refractivity contribution is 8.00. The molecule has 0 radical (unpaired) electrons. The molecule has 0 aliphatic heterocycles. The monoisotopic (exact) mass is 421 g/mol. The molecule has 0 aliphatic rings. The van der Waals surface area contributed by atoms with Crippen LogP contribution in [0, 0.1) is 17.2 Å². The number of nitrogens with one attached hydrogen (secondary N) is 1. The molecule has 0 saturated heterocycles. The molecule has 150 valence electrons. The first kappa shape index (κ1) is 22.1. The van der Waals surface area contributed by atoms with Crippen molar-refractivity contribution in [3.8, 4) is 11.8 Å². The number of hydrogen-bond donors (Lipinski definition) is 1. The Morgan fingerprint density at radius 3 is 2.57 bits per heavy atom. The van der Waals surface area contributed by atoms with Crippen molar-refractivity contribution in [2.24, 2.45) is 13.0 Å². The van der Waals surface area contributed by atoms with E-state index in [9.17, 15) is 10.1 Å². The summed E-state index contributed by atoms with van der Waals surface area (Å²) in [4.78, 5) is 12.5. The van der Waals surface area contributed by atoms with Crippen molar-refractivity contribution in [2.45, 2.75) is 50.2 Å². The number of ether oxygens (including phenoxy) is 1. The van der Waals surface area contributed by atoms with Crippen LogP contribution in [-0.2, 0) is 18.4 Å². The predicted octanol–water partition coefficient (Wildman–Crippen LogP) is 3.58.